The molecule has 0 bridgehead atoms. The van der Waals surface area contributed by atoms with Crippen LogP contribution in [-0.4, -0.2) is 9.97 Å². The SMILES string of the molecule is Cc1cc(Oc2nc(N)nc3ccccc23)ccc1F. The highest BCUT2D eigenvalue weighted by molar-refractivity contribution is 5.84. The van der Waals surface area contributed by atoms with Crippen molar-refractivity contribution in [3.05, 3.63) is 53.8 Å². The molecule has 2 N–H and O–H groups in total. The molecule has 0 aliphatic carbocycles. The van der Waals surface area contributed by atoms with Crippen LogP contribution in [0.3, 0.4) is 0 Å². The third-order valence-electron chi connectivity index (χ3n) is 2.93. The number of fused-ring (bicyclic) bond motifs is 1. The first-order valence-electron chi connectivity index (χ1n) is 6.10. The van der Waals surface area contributed by atoms with Crippen LogP contribution in [0.1, 0.15) is 5.56 Å². The minimum atomic E-state index is -0.274. The number of nitrogens with zero attached hydrogens (tertiary/aromatic N) is 2. The molecule has 3 aromatic rings. The van der Waals surface area contributed by atoms with Crippen molar-refractivity contribution in [2.75, 3.05) is 5.73 Å². The molecule has 0 saturated heterocycles. The molecule has 4 nitrogen and oxygen atoms in total. The van der Waals surface area contributed by atoms with Crippen LogP contribution in [0.2, 0.25) is 0 Å². The summed E-state index contributed by atoms with van der Waals surface area (Å²) in [5.74, 6) is 0.730. The number of aryl methyl sites for hydroxylation is 1. The summed E-state index contributed by atoms with van der Waals surface area (Å²) in [6.45, 7) is 1.68. The first-order valence-corrected chi connectivity index (χ1v) is 6.10. The average molecular weight is 269 g/mol. The van der Waals surface area contributed by atoms with Crippen molar-refractivity contribution in [2.24, 2.45) is 0 Å². The Labute approximate surface area is 115 Å². The van der Waals surface area contributed by atoms with E-state index in [1.807, 2.05) is 24.3 Å². The molecule has 0 spiro atoms. The summed E-state index contributed by atoms with van der Waals surface area (Å²) in [7, 11) is 0. The molecule has 100 valence electrons. The zero-order valence-electron chi connectivity index (χ0n) is 10.8. The maximum atomic E-state index is 13.3. The van der Waals surface area contributed by atoms with Gasteiger partial charge in [0.05, 0.1) is 10.9 Å². The van der Waals surface area contributed by atoms with Crippen molar-refractivity contribution in [1.29, 1.82) is 0 Å². The van der Waals surface area contributed by atoms with E-state index in [1.165, 1.54) is 6.07 Å². The number of anilines is 1. The van der Waals surface area contributed by atoms with E-state index in [4.69, 9.17) is 10.5 Å². The van der Waals surface area contributed by atoms with Crippen molar-refractivity contribution in [2.45, 2.75) is 6.92 Å². The molecule has 0 aliphatic heterocycles. The monoisotopic (exact) mass is 269 g/mol. The molecular formula is C15H12FN3O. The number of para-hydroxylation sites is 1. The standard InChI is InChI=1S/C15H12FN3O/c1-9-8-10(6-7-12(9)16)20-14-11-4-2-3-5-13(11)18-15(17)19-14/h2-8H,1H3,(H2,17,18,19). The number of benzene rings is 2. The molecule has 1 heterocycles. The number of rotatable bonds is 2. The number of ether oxygens (including phenoxy) is 1. The number of hydrogen-bond acceptors (Lipinski definition) is 4. The van der Waals surface area contributed by atoms with Crippen LogP contribution in [0, 0.1) is 12.7 Å². The smallest absolute Gasteiger partial charge is 0.231 e. The lowest BCUT2D eigenvalue weighted by molar-refractivity contribution is 0.466. The summed E-state index contributed by atoms with van der Waals surface area (Å²) >= 11 is 0. The largest absolute Gasteiger partial charge is 0.438 e. The Hall–Kier alpha value is -2.69. The predicted molar refractivity (Wildman–Crippen MR) is 75.2 cm³/mol. The van der Waals surface area contributed by atoms with Crippen molar-refractivity contribution in [1.82, 2.24) is 9.97 Å². The molecule has 20 heavy (non-hydrogen) atoms. The molecule has 0 aliphatic rings. The Balaban J connectivity index is 2.07. The maximum absolute atomic E-state index is 13.3. The average Bonchev–Trinajstić information content (AvgIpc) is 2.43. The molecule has 0 amide bonds. The van der Waals surface area contributed by atoms with Gasteiger partial charge in [0.2, 0.25) is 11.8 Å². The van der Waals surface area contributed by atoms with E-state index >= 15 is 0 Å². The Kier molecular flexibility index (Phi) is 2.95. The Bertz CT molecular complexity index is 789. The third kappa shape index (κ3) is 2.25. The van der Waals surface area contributed by atoms with Crippen molar-refractivity contribution >= 4 is 16.9 Å². The van der Waals surface area contributed by atoms with E-state index in [0.717, 1.165) is 5.39 Å². The van der Waals surface area contributed by atoms with Gasteiger partial charge in [-0.2, -0.15) is 4.98 Å². The maximum Gasteiger partial charge on any atom is 0.231 e. The fourth-order valence-electron chi connectivity index (χ4n) is 1.93. The second-order valence-electron chi connectivity index (χ2n) is 4.42. The highest BCUT2D eigenvalue weighted by Crippen LogP contribution is 2.28. The van der Waals surface area contributed by atoms with Crippen molar-refractivity contribution in [3.8, 4) is 11.6 Å². The number of aromatic nitrogens is 2. The van der Waals surface area contributed by atoms with Gasteiger partial charge in [-0.3, -0.25) is 0 Å². The number of hydrogen-bond donors (Lipinski definition) is 1. The van der Waals surface area contributed by atoms with Gasteiger partial charge >= 0.3 is 0 Å². The van der Waals surface area contributed by atoms with E-state index in [0.29, 0.717) is 22.7 Å². The zero-order valence-corrected chi connectivity index (χ0v) is 10.8. The van der Waals surface area contributed by atoms with Gasteiger partial charge in [-0.15, -0.1) is 0 Å². The molecule has 0 unspecified atom stereocenters. The van der Waals surface area contributed by atoms with Crippen LogP contribution in [-0.2, 0) is 0 Å². The topological polar surface area (TPSA) is 61.0 Å². The normalized spacial score (nSPS) is 10.7. The van der Waals surface area contributed by atoms with Gasteiger partial charge in [-0.1, -0.05) is 12.1 Å². The van der Waals surface area contributed by atoms with Gasteiger partial charge in [0, 0.05) is 0 Å². The van der Waals surface area contributed by atoms with Crippen LogP contribution >= 0.6 is 0 Å². The van der Waals surface area contributed by atoms with Crippen LogP contribution in [0.25, 0.3) is 10.9 Å². The Morgan fingerprint density at radius 1 is 1.10 bits per heavy atom. The molecule has 0 fully saturated rings. The molecule has 0 atom stereocenters. The van der Waals surface area contributed by atoms with Crippen molar-refractivity contribution in [3.63, 3.8) is 0 Å². The number of nitrogens with two attached hydrogens (primary N) is 1. The molecule has 0 radical (unpaired) electrons. The van der Waals surface area contributed by atoms with Gasteiger partial charge in [-0.25, -0.2) is 9.37 Å². The second-order valence-corrected chi connectivity index (χ2v) is 4.42. The summed E-state index contributed by atoms with van der Waals surface area (Å²) in [6.07, 6.45) is 0. The van der Waals surface area contributed by atoms with Crippen LogP contribution < -0.4 is 10.5 Å². The van der Waals surface area contributed by atoms with Gasteiger partial charge in [0.25, 0.3) is 0 Å². The third-order valence-corrected chi connectivity index (χ3v) is 2.93. The van der Waals surface area contributed by atoms with Gasteiger partial charge in [-0.05, 0) is 42.8 Å². The van der Waals surface area contributed by atoms with Crippen LogP contribution in [0.5, 0.6) is 11.6 Å². The quantitative estimate of drug-likeness (QED) is 0.774. The lowest BCUT2D eigenvalue weighted by atomic mass is 10.2. The summed E-state index contributed by atoms with van der Waals surface area (Å²) in [6, 6.07) is 11.9. The summed E-state index contributed by atoms with van der Waals surface area (Å²) in [5.41, 5.74) is 6.88. The van der Waals surface area contributed by atoms with Gasteiger partial charge in [0.1, 0.15) is 11.6 Å². The fraction of sp³-hybridized carbons (Fsp3) is 0.0667. The highest BCUT2D eigenvalue weighted by atomic mass is 19.1. The lowest BCUT2D eigenvalue weighted by Crippen LogP contribution is -1.98. The molecular weight excluding hydrogens is 257 g/mol. The van der Waals surface area contributed by atoms with E-state index in [2.05, 4.69) is 9.97 Å². The molecule has 0 saturated carbocycles. The molecule has 2 aromatic carbocycles. The highest BCUT2D eigenvalue weighted by Gasteiger charge is 2.09. The zero-order chi connectivity index (χ0) is 14.1. The minimum Gasteiger partial charge on any atom is -0.438 e. The van der Waals surface area contributed by atoms with Gasteiger partial charge in [0.15, 0.2) is 0 Å². The molecule has 3 rings (SSSR count). The second kappa shape index (κ2) is 4.77. The first-order chi connectivity index (χ1) is 9.63. The Morgan fingerprint density at radius 2 is 1.90 bits per heavy atom. The van der Waals surface area contributed by atoms with Crippen LogP contribution in [0.4, 0.5) is 10.3 Å². The van der Waals surface area contributed by atoms with E-state index in [1.54, 1.807) is 19.1 Å². The first kappa shape index (κ1) is 12.3. The predicted octanol–water partition coefficient (Wildman–Crippen LogP) is 3.45. The Morgan fingerprint density at radius 3 is 2.70 bits per heavy atom. The minimum absolute atomic E-state index is 0.137. The fourth-order valence-corrected chi connectivity index (χ4v) is 1.93. The summed E-state index contributed by atoms with van der Waals surface area (Å²) < 4.78 is 19.0. The van der Waals surface area contributed by atoms with E-state index in [-0.39, 0.29) is 11.8 Å². The lowest BCUT2D eigenvalue weighted by Gasteiger charge is -2.09. The van der Waals surface area contributed by atoms with Gasteiger partial charge < -0.3 is 10.5 Å². The number of nitrogen functional groups attached to an aromatic ring is 1. The van der Waals surface area contributed by atoms with Crippen LogP contribution in [0.15, 0.2) is 42.5 Å². The molecule has 1 aromatic heterocycles. The summed E-state index contributed by atoms with van der Waals surface area (Å²) in [4.78, 5) is 8.24. The van der Waals surface area contributed by atoms with E-state index < -0.39 is 0 Å². The summed E-state index contributed by atoms with van der Waals surface area (Å²) in [5, 5.41) is 0.753. The van der Waals surface area contributed by atoms with E-state index in [9.17, 15) is 4.39 Å². The number of halogens is 1. The molecule has 5 heteroatoms. The van der Waals surface area contributed by atoms with Crippen molar-refractivity contribution < 1.29 is 9.13 Å².